The summed E-state index contributed by atoms with van der Waals surface area (Å²) in [4.78, 5) is 41.6. The number of rotatable bonds is 7. The minimum atomic E-state index is -0.510. The molecule has 0 fully saturated rings. The van der Waals surface area contributed by atoms with Crippen molar-refractivity contribution >= 4 is 23.5 Å². The van der Waals surface area contributed by atoms with Crippen molar-refractivity contribution in [3.05, 3.63) is 53.7 Å². The van der Waals surface area contributed by atoms with Crippen LogP contribution >= 0.6 is 0 Å². The number of hydrogen-bond donors (Lipinski definition) is 2. The molecule has 2 N–H and O–H groups in total. The zero-order valence-corrected chi connectivity index (χ0v) is 15.5. The number of benzene rings is 1. The van der Waals surface area contributed by atoms with E-state index in [4.69, 9.17) is 4.74 Å². The lowest BCUT2D eigenvalue weighted by atomic mass is 10.2. The van der Waals surface area contributed by atoms with E-state index in [2.05, 4.69) is 15.6 Å². The molecule has 1 aromatic heterocycles. The third-order valence-corrected chi connectivity index (χ3v) is 3.62. The lowest BCUT2D eigenvalue weighted by Crippen LogP contribution is -2.41. The number of anilines is 1. The molecule has 2 aromatic rings. The van der Waals surface area contributed by atoms with Gasteiger partial charge in [-0.25, -0.2) is 4.98 Å². The number of amides is 3. The summed E-state index contributed by atoms with van der Waals surface area (Å²) in [6.07, 6.45) is 1.60. The first kappa shape index (κ1) is 20.1. The van der Waals surface area contributed by atoms with Gasteiger partial charge in [0.1, 0.15) is 11.6 Å². The number of carbonyl (C=O) groups is 3. The number of ether oxygens (including phenoxy) is 1. The van der Waals surface area contributed by atoms with Gasteiger partial charge < -0.3 is 10.1 Å². The molecule has 142 valence electrons. The Morgan fingerprint density at radius 2 is 1.74 bits per heavy atom. The molecule has 0 aliphatic heterocycles. The molecule has 27 heavy (non-hydrogen) atoms. The molecule has 0 saturated carbocycles. The summed E-state index contributed by atoms with van der Waals surface area (Å²) in [5.74, 6) is -0.242. The number of aromatic nitrogens is 1. The first-order valence-corrected chi connectivity index (χ1v) is 8.26. The van der Waals surface area contributed by atoms with E-state index < -0.39 is 11.8 Å². The topological polar surface area (TPSA) is 101 Å². The van der Waals surface area contributed by atoms with Gasteiger partial charge in [0.25, 0.3) is 5.91 Å². The summed E-state index contributed by atoms with van der Waals surface area (Å²) < 4.78 is 5.02. The quantitative estimate of drug-likeness (QED) is 0.760. The van der Waals surface area contributed by atoms with Crippen LogP contribution in [-0.2, 0) is 9.59 Å². The second-order valence-electron chi connectivity index (χ2n) is 6.04. The fourth-order valence-corrected chi connectivity index (χ4v) is 2.31. The van der Waals surface area contributed by atoms with Crippen LogP contribution in [0, 0.1) is 6.92 Å². The number of methoxy groups -OCH3 is 1. The predicted octanol–water partition coefficient (Wildman–Crippen LogP) is 1.23. The molecule has 0 atom stereocenters. The molecular weight excluding hydrogens is 348 g/mol. The highest BCUT2D eigenvalue weighted by Gasteiger charge is 2.14. The zero-order chi connectivity index (χ0) is 19.8. The Hall–Kier alpha value is -3.26. The molecule has 2 rings (SSSR count). The van der Waals surface area contributed by atoms with Gasteiger partial charge in [0.05, 0.1) is 20.2 Å². The van der Waals surface area contributed by atoms with Crippen molar-refractivity contribution in [2.45, 2.75) is 6.92 Å². The van der Waals surface area contributed by atoms with Crippen molar-refractivity contribution in [1.29, 1.82) is 0 Å². The second-order valence-corrected chi connectivity index (χ2v) is 6.04. The van der Waals surface area contributed by atoms with Crippen LogP contribution < -0.4 is 15.4 Å². The van der Waals surface area contributed by atoms with Gasteiger partial charge in [0.15, 0.2) is 0 Å². The van der Waals surface area contributed by atoms with Gasteiger partial charge in [0, 0.05) is 11.8 Å². The van der Waals surface area contributed by atoms with Crippen LogP contribution in [0.15, 0.2) is 42.6 Å². The highest BCUT2D eigenvalue weighted by Crippen LogP contribution is 2.11. The van der Waals surface area contributed by atoms with Gasteiger partial charge in [0.2, 0.25) is 11.8 Å². The first-order valence-electron chi connectivity index (χ1n) is 8.26. The van der Waals surface area contributed by atoms with E-state index in [1.807, 2.05) is 13.0 Å². The molecule has 8 nitrogen and oxygen atoms in total. The van der Waals surface area contributed by atoms with Crippen molar-refractivity contribution < 1.29 is 19.1 Å². The van der Waals surface area contributed by atoms with Gasteiger partial charge >= 0.3 is 0 Å². The molecule has 1 heterocycles. The summed E-state index contributed by atoms with van der Waals surface area (Å²) in [5, 5.41) is 4.95. The third kappa shape index (κ3) is 6.52. The van der Waals surface area contributed by atoms with Crippen molar-refractivity contribution in [1.82, 2.24) is 15.2 Å². The van der Waals surface area contributed by atoms with Gasteiger partial charge in [-0.1, -0.05) is 0 Å². The molecule has 0 aliphatic carbocycles. The Balaban J connectivity index is 1.80. The van der Waals surface area contributed by atoms with Crippen molar-refractivity contribution in [2.75, 3.05) is 32.6 Å². The molecule has 0 unspecified atom stereocenters. The van der Waals surface area contributed by atoms with Crippen molar-refractivity contribution in [3.63, 3.8) is 0 Å². The third-order valence-electron chi connectivity index (χ3n) is 3.62. The summed E-state index contributed by atoms with van der Waals surface area (Å²) in [7, 11) is 3.14. The number of nitrogens with zero attached hydrogens (tertiary/aromatic N) is 2. The molecule has 0 radical (unpaired) electrons. The average molecular weight is 370 g/mol. The number of hydrogen-bond acceptors (Lipinski definition) is 6. The Kier molecular flexibility index (Phi) is 7.01. The Bertz CT molecular complexity index is 821. The second kappa shape index (κ2) is 9.44. The lowest BCUT2D eigenvalue weighted by molar-refractivity contribution is -0.122. The maximum absolute atomic E-state index is 12.1. The maximum Gasteiger partial charge on any atom is 0.257 e. The van der Waals surface area contributed by atoms with Crippen LogP contribution in [0.5, 0.6) is 5.75 Å². The van der Waals surface area contributed by atoms with Gasteiger partial charge in [-0.3, -0.25) is 24.6 Å². The number of nitrogens with one attached hydrogen (secondary N) is 2. The molecule has 8 heteroatoms. The van der Waals surface area contributed by atoms with Crippen LogP contribution in [-0.4, -0.2) is 54.9 Å². The molecular formula is C19H22N4O4. The van der Waals surface area contributed by atoms with Crippen molar-refractivity contribution in [3.8, 4) is 5.75 Å². The molecule has 0 saturated heterocycles. The largest absolute Gasteiger partial charge is 0.497 e. The van der Waals surface area contributed by atoms with Crippen LogP contribution in [0.25, 0.3) is 0 Å². The average Bonchev–Trinajstić information content (AvgIpc) is 2.61. The normalized spacial score (nSPS) is 10.4. The van der Waals surface area contributed by atoms with E-state index in [1.165, 1.54) is 12.0 Å². The van der Waals surface area contributed by atoms with E-state index >= 15 is 0 Å². The summed E-state index contributed by atoms with van der Waals surface area (Å²) in [6.45, 7) is 1.78. The highest BCUT2D eigenvalue weighted by atomic mass is 16.5. The first-order chi connectivity index (χ1) is 12.9. The SMILES string of the molecule is COc1ccc(C(=O)NC(=O)CN(C)CC(=O)Nc2cc(C)ccn2)cc1. The van der Waals surface area contributed by atoms with E-state index in [1.54, 1.807) is 43.6 Å². The molecule has 0 spiro atoms. The van der Waals surface area contributed by atoms with E-state index in [0.29, 0.717) is 17.1 Å². The summed E-state index contributed by atoms with van der Waals surface area (Å²) >= 11 is 0. The van der Waals surface area contributed by atoms with E-state index in [0.717, 1.165) is 5.56 Å². The fourth-order valence-electron chi connectivity index (χ4n) is 2.31. The summed E-state index contributed by atoms with van der Waals surface area (Å²) in [5.41, 5.74) is 1.32. The van der Waals surface area contributed by atoms with Crippen LogP contribution in [0.3, 0.4) is 0 Å². The summed E-state index contributed by atoms with van der Waals surface area (Å²) in [6, 6.07) is 9.97. The monoisotopic (exact) mass is 370 g/mol. The van der Waals surface area contributed by atoms with Gasteiger partial charge in [-0.2, -0.15) is 0 Å². The molecule has 0 bridgehead atoms. The van der Waals surface area contributed by atoms with Gasteiger partial charge in [-0.05, 0) is 55.9 Å². The maximum atomic E-state index is 12.1. The fraction of sp³-hybridized carbons (Fsp3) is 0.263. The number of imide groups is 1. The Morgan fingerprint density at radius 3 is 2.37 bits per heavy atom. The van der Waals surface area contributed by atoms with Gasteiger partial charge in [-0.15, -0.1) is 0 Å². The lowest BCUT2D eigenvalue weighted by Gasteiger charge is -2.15. The van der Waals surface area contributed by atoms with Crippen LogP contribution in [0.2, 0.25) is 0 Å². The van der Waals surface area contributed by atoms with Crippen LogP contribution in [0.1, 0.15) is 15.9 Å². The van der Waals surface area contributed by atoms with Crippen molar-refractivity contribution in [2.24, 2.45) is 0 Å². The number of pyridine rings is 1. The predicted molar refractivity (Wildman–Crippen MR) is 101 cm³/mol. The zero-order valence-electron chi connectivity index (χ0n) is 15.5. The van der Waals surface area contributed by atoms with Crippen LogP contribution in [0.4, 0.5) is 5.82 Å². The van der Waals surface area contributed by atoms with E-state index in [9.17, 15) is 14.4 Å². The Labute approximate surface area is 157 Å². The standard InChI is InChI=1S/C19H22N4O4/c1-13-8-9-20-16(10-13)21-17(24)11-23(2)12-18(25)22-19(26)14-4-6-15(27-3)7-5-14/h4-10H,11-12H2,1-3H3,(H,20,21,24)(H,22,25,26). The minimum Gasteiger partial charge on any atom is -0.497 e. The minimum absolute atomic E-state index is 0.0141. The van der Waals surface area contributed by atoms with E-state index in [-0.39, 0.29) is 19.0 Å². The number of likely N-dealkylation sites (N-methyl/N-ethyl adjacent to an activating group) is 1. The smallest absolute Gasteiger partial charge is 0.257 e. The number of carbonyl (C=O) groups excluding carboxylic acids is 3. The highest BCUT2D eigenvalue weighted by molar-refractivity contribution is 6.05. The molecule has 3 amide bonds. The Morgan fingerprint density at radius 1 is 1.07 bits per heavy atom. The number of aryl methyl sites for hydroxylation is 1. The molecule has 1 aromatic carbocycles. The molecule has 0 aliphatic rings.